The van der Waals surface area contributed by atoms with Gasteiger partial charge in [0.05, 0.1) is 5.56 Å². The van der Waals surface area contributed by atoms with Gasteiger partial charge in [0.15, 0.2) is 0 Å². The van der Waals surface area contributed by atoms with Gasteiger partial charge in [-0.1, -0.05) is 11.6 Å². The van der Waals surface area contributed by atoms with Gasteiger partial charge in [-0.2, -0.15) is 0 Å². The highest BCUT2D eigenvalue weighted by atomic mass is 35.5. The Labute approximate surface area is 144 Å². The van der Waals surface area contributed by atoms with E-state index in [1.807, 2.05) is 24.3 Å². The van der Waals surface area contributed by atoms with E-state index in [0.717, 1.165) is 4.90 Å². The topological polar surface area (TPSA) is 55.4 Å². The first-order chi connectivity index (χ1) is 11.0. The number of nitrogens with one attached hydrogen (secondary N) is 1. The Morgan fingerprint density at radius 1 is 1.09 bits per heavy atom. The third kappa shape index (κ3) is 5.96. The molecule has 2 aromatic carbocycles. The molecule has 6 heteroatoms. The number of esters is 1. The normalized spacial score (nSPS) is 10.2. The van der Waals surface area contributed by atoms with Gasteiger partial charge in [0.1, 0.15) is 6.61 Å². The molecule has 0 spiro atoms. The third-order valence-corrected chi connectivity index (χ3v) is 4.07. The summed E-state index contributed by atoms with van der Waals surface area (Å²) >= 11 is 7.41. The summed E-state index contributed by atoms with van der Waals surface area (Å²) in [5.41, 5.74) is 1.10. The lowest BCUT2D eigenvalue weighted by molar-refractivity contribution is -0.114. The van der Waals surface area contributed by atoms with Crippen LogP contribution in [-0.4, -0.2) is 24.2 Å². The van der Waals surface area contributed by atoms with E-state index < -0.39 is 0 Å². The van der Waals surface area contributed by atoms with E-state index in [2.05, 4.69) is 5.32 Å². The van der Waals surface area contributed by atoms with E-state index in [-0.39, 0.29) is 11.9 Å². The van der Waals surface area contributed by atoms with Crippen LogP contribution in [0.3, 0.4) is 0 Å². The Bertz CT molecular complexity index is 671. The van der Waals surface area contributed by atoms with E-state index in [1.54, 1.807) is 36.0 Å². The lowest BCUT2D eigenvalue weighted by Crippen LogP contribution is -2.09. The predicted octanol–water partition coefficient (Wildman–Crippen LogP) is 4.25. The number of carbonyl (C=O) groups is 2. The van der Waals surface area contributed by atoms with E-state index in [9.17, 15) is 9.59 Å². The summed E-state index contributed by atoms with van der Waals surface area (Å²) in [7, 11) is 0. The molecule has 2 rings (SSSR count). The van der Waals surface area contributed by atoms with Crippen LogP contribution in [0.25, 0.3) is 0 Å². The van der Waals surface area contributed by atoms with Gasteiger partial charge in [0, 0.05) is 28.3 Å². The molecule has 1 amide bonds. The minimum Gasteiger partial charge on any atom is -0.461 e. The van der Waals surface area contributed by atoms with Crippen LogP contribution in [0.2, 0.25) is 5.02 Å². The van der Waals surface area contributed by atoms with Crippen LogP contribution in [0.5, 0.6) is 0 Å². The minimum atomic E-state index is -0.379. The maximum Gasteiger partial charge on any atom is 0.338 e. The van der Waals surface area contributed by atoms with Gasteiger partial charge in [-0.05, 0) is 48.5 Å². The number of amides is 1. The number of carbonyl (C=O) groups excluding carboxylic acids is 2. The maximum atomic E-state index is 11.9. The molecule has 0 saturated heterocycles. The molecule has 120 valence electrons. The number of hydrogen-bond acceptors (Lipinski definition) is 4. The van der Waals surface area contributed by atoms with Gasteiger partial charge >= 0.3 is 5.97 Å². The molecule has 0 bridgehead atoms. The standard InChI is InChI=1S/C17H16ClNO3S/c1-12(20)19-15-6-2-13(3-7-15)17(21)22-10-11-23-16-8-4-14(18)5-9-16/h2-9H,10-11H2,1H3,(H,19,20). The second-order valence-corrected chi connectivity index (χ2v) is 6.30. The molecule has 0 aromatic heterocycles. The van der Waals surface area contributed by atoms with E-state index in [1.165, 1.54) is 6.92 Å². The molecule has 0 aliphatic carbocycles. The first-order valence-electron chi connectivity index (χ1n) is 6.98. The van der Waals surface area contributed by atoms with Crippen molar-refractivity contribution < 1.29 is 14.3 Å². The van der Waals surface area contributed by atoms with Gasteiger partial charge in [-0.25, -0.2) is 4.79 Å². The number of hydrogen-bond donors (Lipinski definition) is 1. The van der Waals surface area contributed by atoms with Gasteiger partial charge < -0.3 is 10.1 Å². The highest BCUT2D eigenvalue weighted by Crippen LogP contribution is 2.20. The molecule has 0 aliphatic rings. The summed E-state index contributed by atoms with van der Waals surface area (Å²) < 4.78 is 5.22. The zero-order valence-electron chi connectivity index (χ0n) is 12.5. The number of rotatable bonds is 6. The average molecular weight is 350 g/mol. The molecule has 0 atom stereocenters. The molecule has 0 unspecified atom stereocenters. The fourth-order valence-electron chi connectivity index (χ4n) is 1.80. The highest BCUT2D eigenvalue weighted by Gasteiger charge is 2.07. The van der Waals surface area contributed by atoms with Crippen LogP contribution in [-0.2, 0) is 9.53 Å². The molecule has 0 heterocycles. The van der Waals surface area contributed by atoms with Crippen molar-refractivity contribution in [1.82, 2.24) is 0 Å². The Balaban J connectivity index is 1.76. The van der Waals surface area contributed by atoms with Gasteiger partial charge in [-0.3, -0.25) is 4.79 Å². The Morgan fingerprint density at radius 3 is 2.35 bits per heavy atom. The van der Waals surface area contributed by atoms with E-state index in [0.29, 0.717) is 28.6 Å². The van der Waals surface area contributed by atoms with Crippen molar-refractivity contribution in [3.8, 4) is 0 Å². The van der Waals surface area contributed by atoms with Crippen LogP contribution in [0.15, 0.2) is 53.4 Å². The number of anilines is 1. The second kappa shape index (κ2) is 8.60. The van der Waals surface area contributed by atoms with Crippen LogP contribution in [0, 0.1) is 0 Å². The molecule has 0 saturated carbocycles. The smallest absolute Gasteiger partial charge is 0.338 e. The summed E-state index contributed by atoms with van der Waals surface area (Å²) in [5, 5.41) is 3.34. The molecule has 0 aliphatic heterocycles. The summed E-state index contributed by atoms with van der Waals surface area (Å²) in [6.07, 6.45) is 0. The molecule has 0 radical (unpaired) electrons. The van der Waals surface area contributed by atoms with Crippen molar-refractivity contribution in [2.75, 3.05) is 17.7 Å². The minimum absolute atomic E-state index is 0.153. The Kier molecular flexibility index (Phi) is 6.50. The van der Waals surface area contributed by atoms with Crippen molar-refractivity contribution in [3.63, 3.8) is 0 Å². The van der Waals surface area contributed by atoms with Crippen LogP contribution >= 0.6 is 23.4 Å². The van der Waals surface area contributed by atoms with Crippen molar-refractivity contribution in [2.45, 2.75) is 11.8 Å². The molecule has 4 nitrogen and oxygen atoms in total. The third-order valence-electron chi connectivity index (χ3n) is 2.84. The van der Waals surface area contributed by atoms with Gasteiger partial charge in [-0.15, -0.1) is 11.8 Å². The van der Waals surface area contributed by atoms with Crippen LogP contribution in [0.1, 0.15) is 17.3 Å². The first-order valence-corrected chi connectivity index (χ1v) is 8.34. The molecule has 23 heavy (non-hydrogen) atoms. The number of halogens is 1. The van der Waals surface area contributed by atoms with Gasteiger partial charge in [0.25, 0.3) is 0 Å². The van der Waals surface area contributed by atoms with Gasteiger partial charge in [0.2, 0.25) is 5.91 Å². The number of thioether (sulfide) groups is 1. The van der Waals surface area contributed by atoms with Crippen LogP contribution in [0.4, 0.5) is 5.69 Å². The summed E-state index contributed by atoms with van der Waals surface area (Å²) in [5.74, 6) is 0.132. The second-order valence-electron chi connectivity index (χ2n) is 4.70. The quantitative estimate of drug-likeness (QED) is 0.481. The molecule has 2 aromatic rings. The van der Waals surface area contributed by atoms with Crippen LogP contribution < -0.4 is 5.32 Å². The summed E-state index contributed by atoms with van der Waals surface area (Å²) in [6, 6.07) is 14.1. The van der Waals surface area contributed by atoms with Crippen molar-refractivity contribution in [1.29, 1.82) is 0 Å². The van der Waals surface area contributed by atoms with Crippen molar-refractivity contribution in [3.05, 3.63) is 59.1 Å². The Morgan fingerprint density at radius 2 is 1.74 bits per heavy atom. The zero-order chi connectivity index (χ0) is 16.7. The number of benzene rings is 2. The summed E-state index contributed by atoms with van der Waals surface area (Å²) in [6.45, 7) is 1.75. The predicted molar refractivity (Wildman–Crippen MR) is 93.2 cm³/mol. The SMILES string of the molecule is CC(=O)Nc1ccc(C(=O)OCCSc2ccc(Cl)cc2)cc1. The lowest BCUT2D eigenvalue weighted by atomic mass is 10.2. The maximum absolute atomic E-state index is 11.9. The molecule has 1 N–H and O–H groups in total. The fraction of sp³-hybridized carbons (Fsp3) is 0.176. The first kappa shape index (κ1) is 17.4. The fourth-order valence-corrected chi connectivity index (χ4v) is 2.66. The monoisotopic (exact) mass is 349 g/mol. The Hall–Kier alpha value is -1.98. The molecular weight excluding hydrogens is 334 g/mol. The lowest BCUT2D eigenvalue weighted by Gasteiger charge is -2.06. The van der Waals surface area contributed by atoms with Crippen molar-refractivity contribution in [2.24, 2.45) is 0 Å². The molecular formula is C17H16ClNO3S. The highest BCUT2D eigenvalue weighted by molar-refractivity contribution is 7.99. The zero-order valence-corrected chi connectivity index (χ0v) is 14.1. The van der Waals surface area contributed by atoms with E-state index in [4.69, 9.17) is 16.3 Å². The largest absolute Gasteiger partial charge is 0.461 e. The average Bonchev–Trinajstić information content (AvgIpc) is 2.53. The summed E-state index contributed by atoms with van der Waals surface area (Å²) in [4.78, 5) is 23.9. The van der Waals surface area contributed by atoms with Crippen molar-refractivity contribution >= 4 is 40.9 Å². The number of ether oxygens (including phenoxy) is 1. The molecule has 0 fully saturated rings. The van der Waals surface area contributed by atoms with E-state index >= 15 is 0 Å².